The average Bonchev–Trinajstić information content (AvgIpc) is 2.24. The first kappa shape index (κ1) is 10.4. The molecule has 1 aliphatic heterocycles. The molecule has 14 heavy (non-hydrogen) atoms. The van der Waals surface area contributed by atoms with Gasteiger partial charge in [0.2, 0.25) is 5.91 Å². The number of ether oxygens (including phenoxy) is 1. The summed E-state index contributed by atoms with van der Waals surface area (Å²) in [5.41, 5.74) is 9.90. The molecule has 6 nitrogen and oxygen atoms in total. The highest BCUT2D eigenvalue weighted by molar-refractivity contribution is 5.87. The van der Waals surface area contributed by atoms with E-state index in [1.807, 2.05) is 0 Å². The van der Waals surface area contributed by atoms with Gasteiger partial charge in [-0.1, -0.05) is 0 Å². The van der Waals surface area contributed by atoms with Crippen molar-refractivity contribution in [1.29, 1.82) is 0 Å². The Morgan fingerprint density at radius 3 is 2.50 bits per heavy atom. The summed E-state index contributed by atoms with van der Waals surface area (Å²) in [5, 5.41) is 0. The number of hydrogen-bond acceptors (Lipinski definition) is 4. The fourth-order valence-electron chi connectivity index (χ4n) is 1.28. The van der Waals surface area contributed by atoms with Gasteiger partial charge in [0.1, 0.15) is 12.4 Å². The molecule has 0 radical (unpaired) electrons. The maximum Gasteiger partial charge on any atom is 0.416 e. The molecule has 6 heteroatoms. The number of carbonyl (C=O) groups excluding carboxylic acids is 2. The molecular formula is C8H13N3O3. The predicted molar refractivity (Wildman–Crippen MR) is 48.7 cm³/mol. The molecule has 0 atom stereocenters. The molecule has 0 bridgehead atoms. The lowest BCUT2D eigenvalue weighted by Crippen LogP contribution is -2.44. The van der Waals surface area contributed by atoms with Crippen molar-refractivity contribution in [2.45, 2.75) is 19.4 Å². The monoisotopic (exact) mass is 199 g/mol. The van der Waals surface area contributed by atoms with Crippen LogP contribution in [0.15, 0.2) is 11.9 Å². The number of cyclic esters (lactones) is 1. The molecule has 2 amide bonds. The molecule has 0 saturated carbocycles. The normalized spacial score (nSPS) is 20.9. The number of carbonyl (C=O) groups is 2. The first-order chi connectivity index (χ1) is 6.34. The number of hydrogen-bond donors (Lipinski definition) is 2. The van der Waals surface area contributed by atoms with Crippen LogP contribution in [0.5, 0.6) is 0 Å². The van der Waals surface area contributed by atoms with Crippen molar-refractivity contribution in [2.24, 2.45) is 11.5 Å². The zero-order valence-corrected chi connectivity index (χ0v) is 8.11. The summed E-state index contributed by atoms with van der Waals surface area (Å²) in [6.07, 6.45) is 0.430. The largest absolute Gasteiger partial charge is 0.447 e. The highest BCUT2D eigenvalue weighted by atomic mass is 16.6. The smallest absolute Gasteiger partial charge is 0.416 e. The number of nitrogens with zero attached hydrogens (tertiary/aromatic N) is 1. The van der Waals surface area contributed by atoms with Crippen LogP contribution < -0.4 is 11.5 Å². The molecule has 1 rings (SSSR count). The highest BCUT2D eigenvalue weighted by Crippen LogP contribution is 2.25. The Hall–Kier alpha value is -1.72. The molecule has 4 N–H and O–H groups in total. The average molecular weight is 199 g/mol. The van der Waals surface area contributed by atoms with Crippen molar-refractivity contribution in [1.82, 2.24) is 4.90 Å². The molecule has 0 aromatic heterocycles. The lowest BCUT2D eigenvalue weighted by atomic mass is 10.1. The van der Waals surface area contributed by atoms with Gasteiger partial charge in [-0.3, -0.25) is 9.69 Å². The molecule has 78 valence electrons. The molecule has 1 saturated heterocycles. The van der Waals surface area contributed by atoms with E-state index in [9.17, 15) is 9.59 Å². The van der Waals surface area contributed by atoms with E-state index in [-0.39, 0.29) is 12.4 Å². The van der Waals surface area contributed by atoms with Crippen molar-refractivity contribution < 1.29 is 14.3 Å². The van der Waals surface area contributed by atoms with Crippen LogP contribution >= 0.6 is 0 Å². The summed E-state index contributed by atoms with van der Waals surface area (Å²) in [7, 11) is 0. The molecule has 1 fully saturated rings. The van der Waals surface area contributed by atoms with Gasteiger partial charge < -0.3 is 16.2 Å². The van der Waals surface area contributed by atoms with Gasteiger partial charge in [-0.25, -0.2) is 4.79 Å². The van der Waals surface area contributed by atoms with Crippen molar-refractivity contribution in [2.75, 3.05) is 6.61 Å². The molecule has 0 unspecified atom stereocenters. The molecular weight excluding hydrogens is 186 g/mol. The van der Waals surface area contributed by atoms with Crippen LogP contribution in [0.1, 0.15) is 13.8 Å². The third-order valence-electron chi connectivity index (χ3n) is 1.89. The van der Waals surface area contributed by atoms with Crippen LogP contribution in [0.4, 0.5) is 4.79 Å². The van der Waals surface area contributed by atoms with Crippen molar-refractivity contribution in [3.8, 4) is 0 Å². The maximum absolute atomic E-state index is 11.2. The van der Waals surface area contributed by atoms with E-state index in [4.69, 9.17) is 16.2 Å². The first-order valence-corrected chi connectivity index (χ1v) is 4.08. The zero-order valence-electron chi connectivity index (χ0n) is 8.11. The third kappa shape index (κ3) is 1.78. The Kier molecular flexibility index (Phi) is 2.37. The van der Waals surface area contributed by atoms with Gasteiger partial charge in [-0.2, -0.15) is 0 Å². The summed E-state index contributed by atoms with van der Waals surface area (Å²) in [5.74, 6) is -0.692. The molecule has 0 aromatic carbocycles. The van der Waals surface area contributed by atoms with E-state index in [0.29, 0.717) is 0 Å². The first-order valence-electron chi connectivity index (χ1n) is 4.08. The molecule has 0 spiro atoms. The molecule has 1 heterocycles. The summed E-state index contributed by atoms with van der Waals surface area (Å²) in [6, 6.07) is 0. The number of nitrogens with two attached hydrogens (primary N) is 2. The molecule has 0 aromatic rings. The Bertz CT molecular complexity index is 309. The van der Waals surface area contributed by atoms with Crippen LogP contribution in [0.25, 0.3) is 0 Å². The second-order valence-corrected chi connectivity index (χ2v) is 3.67. The van der Waals surface area contributed by atoms with Crippen LogP contribution in [-0.4, -0.2) is 29.0 Å². The third-order valence-corrected chi connectivity index (χ3v) is 1.89. The van der Waals surface area contributed by atoms with Crippen LogP contribution in [0.3, 0.4) is 0 Å². The SMILES string of the molecule is CC1(C)COC(=O)N1C(N)=CC(N)=O. The number of rotatable bonds is 2. The van der Waals surface area contributed by atoms with Crippen LogP contribution in [0, 0.1) is 0 Å². The van der Waals surface area contributed by atoms with Crippen molar-refractivity contribution in [3.63, 3.8) is 0 Å². The van der Waals surface area contributed by atoms with Crippen molar-refractivity contribution >= 4 is 12.0 Å². The lowest BCUT2D eigenvalue weighted by Gasteiger charge is -2.27. The van der Waals surface area contributed by atoms with E-state index in [2.05, 4.69) is 0 Å². The Balaban J connectivity index is 2.96. The Labute approximate surface area is 81.5 Å². The van der Waals surface area contributed by atoms with Gasteiger partial charge in [0.05, 0.1) is 5.54 Å². The standard InChI is InChI=1S/C8H13N3O3/c1-8(2)4-14-7(13)11(8)5(9)3-6(10)12/h3H,4,9H2,1-2H3,(H2,10,12). The lowest BCUT2D eigenvalue weighted by molar-refractivity contribution is -0.113. The van der Waals surface area contributed by atoms with Gasteiger partial charge in [-0.05, 0) is 13.8 Å². The van der Waals surface area contributed by atoms with Crippen molar-refractivity contribution in [3.05, 3.63) is 11.9 Å². The van der Waals surface area contributed by atoms with E-state index < -0.39 is 17.5 Å². The van der Waals surface area contributed by atoms with Crippen LogP contribution in [0.2, 0.25) is 0 Å². The predicted octanol–water partition coefficient (Wildman–Crippen LogP) is -0.497. The Morgan fingerprint density at radius 2 is 2.14 bits per heavy atom. The summed E-state index contributed by atoms with van der Waals surface area (Å²) in [6.45, 7) is 3.79. The summed E-state index contributed by atoms with van der Waals surface area (Å²) in [4.78, 5) is 23.0. The van der Waals surface area contributed by atoms with E-state index >= 15 is 0 Å². The van der Waals surface area contributed by atoms with E-state index in [1.165, 1.54) is 4.90 Å². The molecule has 0 aliphatic carbocycles. The minimum atomic E-state index is -0.696. The molecule has 1 aliphatic rings. The van der Waals surface area contributed by atoms with E-state index in [0.717, 1.165) is 6.08 Å². The van der Waals surface area contributed by atoms with Gasteiger partial charge >= 0.3 is 6.09 Å². The van der Waals surface area contributed by atoms with Crippen LogP contribution in [-0.2, 0) is 9.53 Å². The summed E-state index contributed by atoms with van der Waals surface area (Å²) < 4.78 is 4.80. The Morgan fingerprint density at radius 1 is 1.57 bits per heavy atom. The van der Waals surface area contributed by atoms with Gasteiger partial charge in [0.15, 0.2) is 0 Å². The van der Waals surface area contributed by atoms with Gasteiger partial charge in [-0.15, -0.1) is 0 Å². The minimum Gasteiger partial charge on any atom is -0.447 e. The maximum atomic E-state index is 11.2. The van der Waals surface area contributed by atoms with E-state index in [1.54, 1.807) is 13.8 Å². The minimum absolute atomic E-state index is 0.00463. The number of primary amides is 1. The second kappa shape index (κ2) is 3.21. The quantitative estimate of drug-likeness (QED) is 0.586. The van der Waals surface area contributed by atoms with Gasteiger partial charge in [0.25, 0.3) is 0 Å². The number of amides is 2. The van der Waals surface area contributed by atoms with Gasteiger partial charge in [0, 0.05) is 6.08 Å². The fraction of sp³-hybridized carbons (Fsp3) is 0.500. The second-order valence-electron chi connectivity index (χ2n) is 3.67. The summed E-state index contributed by atoms with van der Waals surface area (Å²) >= 11 is 0. The highest BCUT2D eigenvalue weighted by Gasteiger charge is 2.41. The topological polar surface area (TPSA) is 98.7 Å². The zero-order chi connectivity index (χ0) is 10.9. The fourth-order valence-corrected chi connectivity index (χ4v) is 1.28.